The number of hydrazone groups is 1. The Morgan fingerprint density at radius 2 is 1.75 bits per heavy atom. The van der Waals surface area contributed by atoms with Crippen molar-refractivity contribution in [3.63, 3.8) is 0 Å². The van der Waals surface area contributed by atoms with Crippen LogP contribution in [0.1, 0.15) is 38.7 Å². The second-order valence-corrected chi connectivity index (χ2v) is 8.70. The van der Waals surface area contributed by atoms with Crippen molar-refractivity contribution in [3.8, 4) is 0 Å². The minimum absolute atomic E-state index is 0.307. The van der Waals surface area contributed by atoms with E-state index in [0.29, 0.717) is 21.2 Å². The fourth-order valence-corrected chi connectivity index (χ4v) is 4.17. The van der Waals surface area contributed by atoms with E-state index in [1.54, 1.807) is 41.2 Å². The summed E-state index contributed by atoms with van der Waals surface area (Å²) in [6.45, 7) is 3.91. The number of hydrazine groups is 1. The van der Waals surface area contributed by atoms with Crippen LogP contribution in [0.5, 0.6) is 0 Å². The Morgan fingerprint density at radius 1 is 1.00 bits per heavy atom. The van der Waals surface area contributed by atoms with Gasteiger partial charge in [0.05, 0.1) is 10.6 Å². The second kappa shape index (κ2) is 9.15. The Hall–Kier alpha value is -3.15. The molecule has 7 heteroatoms. The Kier molecular flexibility index (Phi) is 6.31. The van der Waals surface area contributed by atoms with Gasteiger partial charge in [-0.25, -0.2) is 0 Å². The lowest BCUT2D eigenvalue weighted by Crippen LogP contribution is -2.42. The monoisotopic (exact) mass is 466 g/mol. The Morgan fingerprint density at radius 3 is 2.44 bits per heavy atom. The summed E-state index contributed by atoms with van der Waals surface area (Å²) in [4.78, 5) is 25.9. The molecule has 1 aliphatic heterocycles. The summed E-state index contributed by atoms with van der Waals surface area (Å²) in [6.07, 6.45) is 1.75. The lowest BCUT2D eigenvalue weighted by Gasteiger charge is -2.15. The molecule has 4 rings (SSSR count). The van der Waals surface area contributed by atoms with Gasteiger partial charge in [0.1, 0.15) is 0 Å². The van der Waals surface area contributed by atoms with E-state index in [1.807, 2.05) is 50.2 Å². The van der Waals surface area contributed by atoms with Gasteiger partial charge in [0.25, 0.3) is 5.91 Å². The molecular weight excluding hydrogens is 445 g/mol. The zero-order valence-electron chi connectivity index (χ0n) is 17.6. The van der Waals surface area contributed by atoms with Crippen LogP contribution in [0.2, 0.25) is 10.0 Å². The molecule has 32 heavy (non-hydrogen) atoms. The van der Waals surface area contributed by atoms with Gasteiger partial charge in [0, 0.05) is 16.1 Å². The van der Waals surface area contributed by atoms with Gasteiger partial charge in [-0.05, 0) is 44.2 Å². The van der Waals surface area contributed by atoms with Gasteiger partial charge in [0.2, 0.25) is 12.3 Å². The largest absolute Gasteiger partial charge is 0.334 e. The third-order valence-electron chi connectivity index (χ3n) is 5.36. The van der Waals surface area contributed by atoms with E-state index in [1.165, 1.54) is 0 Å². The summed E-state index contributed by atoms with van der Waals surface area (Å²) in [5.41, 5.74) is 7.00. The molecule has 1 aliphatic rings. The van der Waals surface area contributed by atoms with E-state index in [-0.39, 0.29) is 11.8 Å². The van der Waals surface area contributed by atoms with Crippen LogP contribution in [0, 0.1) is 13.8 Å². The summed E-state index contributed by atoms with van der Waals surface area (Å²) in [6, 6.07) is 19.0. The molecule has 2 amide bonds. The van der Waals surface area contributed by atoms with Crippen molar-refractivity contribution in [1.29, 1.82) is 0 Å². The highest BCUT2D eigenvalue weighted by Gasteiger charge is 2.47. The molecule has 0 saturated carbocycles. The number of amides is 2. The lowest BCUT2D eigenvalue weighted by molar-refractivity contribution is -0.596. The molecule has 0 radical (unpaired) electrons. The molecule has 1 heterocycles. The number of nitrogens with zero attached hydrogens (tertiary/aromatic N) is 1. The SMILES string of the molecule is Cc1ccc([C@@H]2[C@@H](NC(=O)c3cccc(C)c3)C(=O)N/[N+]2=C\c2ccc(Cl)cc2Cl)cc1. The first-order chi connectivity index (χ1) is 15.3. The Labute approximate surface area is 196 Å². The molecule has 0 spiro atoms. The Bertz CT molecular complexity index is 1220. The van der Waals surface area contributed by atoms with Crippen molar-refractivity contribution >= 4 is 41.2 Å². The Balaban J connectivity index is 1.73. The number of hydrogen-bond donors (Lipinski definition) is 2. The van der Waals surface area contributed by atoms with E-state index in [4.69, 9.17) is 23.2 Å². The molecule has 0 unspecified atom stereocenters. The van der Waals surface area contributed by atoms with Crippen LogP contribution in [0.25, 0.3) is 0 Å². The standard InChI is InChI=1S/C25H21Cl2N3O2/c1-15-6-8-17(9-7-15)23-22(28-24(31)18-5-3-4-16(2)12-18)25(32)29-30(23)14-19-10-11-20(26)13-21(19)27/h3-14,22-23H,1-2H3,(H-,28,29,31,32)/p+1/b30-14-/t22-,23-/m1/s1. The molecule has 1 saturated heterocycles. The number of rotatable bonds is 4. The molecule has 3 aromatic rings. The van der Waals surface area contributed by atoms with Crippen LogP contribution in [0.15, 0.2) is 66.7 Å². The fraction of sp³-hybridized carbons (Fsp3) is 0.160. The minimum atomic E-state index is -0.798. The maximum Gasteiger partial charge on any atom is 0.304 e. The summed E-state index contributed by atoms with van der Waals surface area (Å²) >= 11 is 12.4. The molecular formula is C25H22Cl2N3O2+. The minimum Gasteiger partial charge on any atom is -0.334 e. The summed E-state index contributed by atoms with van der Waals surface area (Å²) in [5.74, 6) is -0.616. The van der Waals surface area contributed by atoms with Crippen LogP contribution in [-0.4, -0.2) is 28.8 Å². The van der Waals surface area contributed by atoms with Crippen molar-refractivity contribution in [1.82, 2.24) is 10.7 Å². The van der Waals surface area contributed by atoms with Crippen LogP contribution >= 0.6 is 23.2 Å². The smallest absolute Gasteiger partial charge is 0.304 e. The van der Waals surface area contributed by atoms with E-state index in [2.05, 4.69) is 10.7 Å². The third-order valence-corrected chi connectivity index (χ3v) is 5.93. The highest BCUT2D eigenvalue weighted by Crippen LogP contribution is 2.27. The van der Waals surface area contributed by atoms with Gasteiger partial charge >= 0.3 is 5.91 Å². The molecule has 0 aromatic heterocycles. The van der Waals surface area contributed by atoms with Crippen molar-refractivity contribution in [2.24, 2.45) is 0 Å². The lowest BCUT2D eigenvalue weighted by atomic mass is 9.98. The van der Waals surface area contributed by atoms with E-state index < -0.39 is 12.1 Å². The van der Waals surface area contributed by atoms with Gasteiger partial charge in [-0.1, -0.05) is 70.7 Å². The zero-order chi connectivity index (χ0) is 22.8. The first kappa shape index (κ1) is 22.1. The summed E-state index contributed by atoms with van der Waals surface area (Å²) in [7, 11) is 0. The number of carbonyl (C=O) groups excluding carboxylic acids is 2. The first-order valence-corrected chi connectivity index (χ1v) is 10.9. The molecule has 1 fully saturated rings. The van der Waals surface area contributed by atoms with E-state index in [0.717, 1.165) is 16.7 Å². The number of halogens is 2. The van der Waals surface area contributed by atoms with Crippen molar-refractivity contribution in [2.45, 2.75) is 25.9 Å². The zero-order valence-corrected chi connectivity index (χ0v) is 19.1. The molecule has 2 N–H and O–H groups in total. The van der Waals surface area contributed by atoms with Crippen molar-refractivity contribution in [2.75, 3.05) is 0 Å². The predicted molar refractivity (Wildman–Crippen MR) is 126 cm³/mol. The topological polar surface area (TPSA) is 61.2 Å². The number of hydrogen-bond acceptors (Lipinski definition) is 2. The van der Waals surface area contributed by atoms with E-state index in [9.17, 15) is 9.59 Å². The number of carbonyl (C=O) groups is 2. The number of nitrogens with one attached hydrogen (secondary N) is 2. The van der Waals surface area contributed by atoms with Gasteiger partial charge in [-0.2, -0.15) is 0 Å². The highest BCUT2D eigenvalue weighted by molar-refractivity contribution is 6.36. The predicted octanol–water partition coefficient (Wildman–Crippen LogP) is 4.63. The maximum absolute atomic E-state index is 13.0. The van der Waals surface area contributed by atoms with Crippen LogP contribution in [0.4, 0.5) is 0 Å². The molecule has 0 aliphatic carbocycles. The average Bonchev–Trinajstić information content (AvgIpc) is 3.05. The van der Waals surface area contributed by atoms with Gasteiger partial charge in [-0.15, -0.1) is 10.1 Å². The third kappa shape index (κ3) is 4.69. The van der Waals surface area contributed by atoms with Gasteiger partial charge in [-0.3, -0.25) is 9.59 Å². The van der Waals surface area contributed by atoms with Crippen LogP contribution < -0.4 is 10.7 Å². The second-order valence-electron chi connectivity index (χ2n) is 7.85. The molecule has 5 nitrogen and oxygen atoms in total. The van der Waals surface area contributed by atoms with Crippen LogP contribution in [0.3, 0.4) is 0 Å². The fourth-order valence-electron chi connectivity index (χ4n) is 3.71. The summed E-state index contributed by atoms with van der Waals surface area (Å²) in [5, 5.41) is 3.89. The number of benzene rings is 3. The van der Waals surface area contributed by atoms with Crippen LogP contribution in [-0.2, 0) is 4.79 Å². The molecule has 162 valence electrons. The first-order valence-electron chi connectivity index (χ1n) is 10.1. The molecule has 0 bridgehead atoms. The number of aryl methyl sites for hydroxylation is 2. The van der Waals surface area contributed by atoms with Gasteiger partial charge < -0.3 is 5.32 Å². The van der Waals surface area contributed by atoms with Crippen molar-refractivity contribution in [3.05, 3.63) is 105 Å². The quantitative estimate of drug-likeness (QED) is 0.550. The molecule has 3 aromatic carbocycles. The average molecular weight is 467 g/mol. The van der Waals surface area contributed by atoms with Gasteiger partial charge in [0.15, 0.2) is 6.04 Å². The van der Waals surface area contributed by atoms with E-state index >= 15 is 0 Å². The van der Waals surface area contributed by atoms with Crippen molar-refractivity contribution < 1.29 is 14.3 Å². The maximum atomic E-state index is 13.0. The molecule has 2 atom stereocenters. The summed E-state index contributed by atoms with van der Waals surface area (Å²) < 4.78 is 1.68. The normalized spacial score (nSPS) is 19.1. The highest BCUT2D eigenvalue weighted by atomic mass is 35.5.